The Morgan fingerprint density at radius 2 is 1.89 bits per heavy atom. The summed E-state index contributed by atoms with van der Waals surface area (Å²) in [5.41, 5.74) is -0.354. The molecule has 1 saturated carbocycles. The molecule has 1 amide bonds. The standard InChI is InChI=1S/C14H25NO4/c1-2-11(5-8-16)15-12(17)9-14(10-13(18)19)6-3-4-7-14/h11,16H,2-10H2,1H3,(H,15,17)(H,18,19). The number of rotatable bonds is 8. The fraction of sp³-hybridized carbons (Fsp3) is 0.857. The fourth-order valence-electron chi connectivity index (χ4n) is 3.02. The average molecular weight is 271 g/mol. The van der Waals surface area contributed by atoms with E-state index in [0.29, 0.717) is 12.8 Å². The quantitative estimate of drug-likeness (QED) is 0.627. The Bertz CT molecular complexity index is 311. The lowest BCUT2D eigenvalue weighted by molar-refractivity contribution is -0.140. The van der Waals surface area contributed by atoms with Crippen molar-refractivity contribution in [3.8, 4) is 0 Å². The van der Waals surface area contributed by atoms with Crippen molar-refractivity contribution in [2.75, 3.05) is 6.61 Å². The third-order valence-electron chi connectivity index (χ3n) is 4.06. The summed E-state index contributed by atoms with van der Waals surface area (Å²) in [5, 5.41) is 20.8. The second kappa shape index (κ2) is 7.48. The van der Waals surface area contributed by atoms with E-state index in [0.717, 1.165) is 32.1 Å². The lowest BCUT2D eigenvalue weighted by Crippen LogP contribution is -2.38. The van der Waals surface area contributed by atoms with Crippen molar-refractivity contribution in [1.29, 1.82) is 0 Å². The molecule has 19 heavy (non-hydrogen) atoms. The van der Waals surface area contributed by atoms with Crippen LogP contribution in [0, 0.1) is 5.41 Å². The zero-order valence-electron chi connectivity index (χ0n) is 11.7. The van der Waals surface area contributed by atoms with E-state index >= 15 is 0 Å². The summed E-state index contributed by atoms with van der Waals surface area (Å²) >= 11 is 0. The van der Waals surface area contributed by atoms with Crippen LogP contribution in [-0.2, 0) is 9.59 Å². The molecule has 1 atom stereocenters. The van der Waals surface area contributed by atoms with E-state index < -0.39 is 5.97 Å². The normalized spacial score (nSPS) is 19.1. The van der Waals surface area contributed by atoms with Gasteiger partial charge in [0.25, 0.3) is 0 Å². The SMILES string of the molecule is CCC(CCO)NC(=O)CC1(CC(=O)O)CCCC1. The third-order valence-corrected chi connectivity index (χ3v) is 4.06. The summed E-state index contributed by atoms with van der Waals surface area (Å²) in [7, 11) is 0. The number of amides is 1. The number of hydrogen-bond acceptors (Lipinski definition) is 3. The van der Waals surface area contributed by atoms with Crippen molar-refractivity contribution >= 4 is 11.9 Å². The Morgan fingerprint density at radius 3 is 2.37 bits per heavy atom. The molecule has 1 aliphatic carbocycles. The summed E-state index contributed by atoms with van der Waals surface area (Å²) in [6.07, 6.45) is 5.36. The minimum atomic E-state index is -0.822. The smallest absolute Gasteiger partial charge is 0.303 e. The first-order chi connectivity index (χ1) is 9.01. The third kappa shape index (κ3) is 5.19. The van der Waals surface area contributed by atoms with Crippen molar-refractivity contribution in [2.45, 2.75) is 64.3 Å². The van der Waals surface area contributed by atoms with Crippen LogP contribution in [0.2, 0.25) is 0 Å². The number of nitrogens with one attached hydrogen (secondary N) is 1. The van der Waals surface area contributed by atoms with Gasteiger partial charge in [0.1, 0.15) is 0 Å². The largest absolute Gasteiger partial charge is 0.481 e. The molecule has 0 radical (unpaired) electrons. The molecule has 0 spiro atoms. The van der Waals surface area contributed by atoms with Gasteiger partial charge < -0.3 is 15.5 Å². The highest BCUT2D eigenvalue weighted by atomic mass is 16.4. The molecule has 0 aromatic rings. The molecule has 1 unspecified atom stereocenters. The molecule has 3 N–H and O–H groups in total. The molecular formula is C14H25NO4. The van der Waals surface area contributed by atoms with Crippen LogP contribution in [0.4, 0.5) is 0 Å². The fourth-order valence-corrected chi connectivity index (χ4v) is 3.02. The van der Waals surface area contributed by atoms with Gasteiger partial charge in [0, 0.05) is 19.1 Å². The molecular weight excluding hydrogens is 246 g/mol. The molecule has 0 aliphatic heterocycles. The first kappa shape index (κ1) is 16.0. The number of aliphatic hydroxyl groups excluding tert-OH is 1. The van der Waals surface area contributed by atoms with E-state index in [1.165, 1.54) is 0 Å². The Hall–Kier alpha value is -1.10. The summed E-state index contributed by atoms with van der Waals surface area (Å²) in [6.45, 7) is 2.02. The zero-order valence-corrected chi connectivity index (χ0v) is 11.7. The molecule has 5 heteroatoms. The van der Waals surface area contributed by atoms with Gasteiger partial charge >= 0.3 is 5.97 Å². The monoisotopic (exact) mass is 271 g/mol. The zero-order chi connectivity index (χ0) is 14.3. The van der Waals surface area contributed by atoms with Crippen LogP contribution >= 0.6 is 0 Å². The van der Waals surface area contributed by atoms with Gasteiger partial charge in [-0.15, -0.1) is 0 Å². The molecule has 0 aromatic carbocycles. The molecule has 5 nitrogen and oxygen atoms in total. The van der Waals surface area contributed by atoms with Crippen molar-refractivity contribution < 1.29 is 19.8 Å². The predicted octanol–water partition coefficient (Wildman–Crippen LogP) is 1.69. The first-order valence-electron chi connectivity index (χ1n) is 7.13. The maximum atomic E-state index is 12.0. The van der Waals surface area contributed by atoms with Crippen LogP contribution in [0.15, 0.2) is 0 Å². The van der Waals surface area contributed by atoms with E-state index in [1.54, 1.807) is 0 Å². The van der Waals surface area contributed by atoms with Gasteiger partial charge in [-0.1, -0.05) is 19.8 Å². The van der Waals surface area contributed by atoms with Crippen LogP contribution in [-0.4, -0.2) is 34.7 Å². The van der Waals surface area contributed by atoms with Crippen molar-refractivity contribution in [3.63, 3.8) is 0 Å². The molecule has 0 heterocycles. The lowest BCUT2D eigenvalue weighted by Gasteiger charge is -2.27. The summed E-state index contributed by atoms with van der Waals surface area (Å²) in [6, 6.07) is -0.0132. The van der Waals surface area contributed by atoms with E-state index in [1.807, 2.05) is 6.92 Å². The molecule has 1 aliphatic rings. The van der Waals surface area contributed by atoms with Crippen molar-refractivity contribution in [2.24, 2.45) is 5.41 Å². The number of carboxylic acids is 1. The summed E-state index contributed by atoms with van der Waals surface area (Å²) < 4.78 is 0. The summed E-state index contributed by atoms with van der Waals surface area (Å²) in [4.78, 5) is 23.0. The van der Waals surface area contributed by atoms with Gasteiger partial charge in [-0.25, -0.2) is 0 Å². The van der Waals surface area contributed by atoms with E-state index in [-0.39, 0.29) is 30.4 Å². The number of aliphatic hydroxyl groups is 1. The highest BCUT2D eigenvalue weighted by Gasteiger charge is 2.38. The number of carbonyl (C=O) groups is 2. The van der Waals surface area contributed by atoms with Crippen LogP contribution in [0.1, 0.15) is 58.3 Å². The Balaban J connectivity index is 2.54. The highest BCUT2D eigenvalue weighted by molar-refractivity contribution is 5.78. The highest BCUT2D eigenvalue weighted by Crippen LogP contribution is 2.44. The predicted molar refractivity (Wildman–Crippen MR) is 71.7 cm³/mol. The molecule has 1 rings (SSSR count). The number of hydrogen-bond donors (Lipinski definition) is 3. The minimum absolute atomic E-state index is 0.0132. The van der Waals surface area contributed by atoms with Gasteiger partial charge in [-0.3, -0.25) is 9.59 Å². The van der Waals surface area contributed by atoms with Crippen LogP contribution in [0.5, 0.6) is 0 Å². The van der Waals surface area contributed by atoms with Crippen LogP contribution in [0.3, 0.4) is 0 Å². The Kier molecular flexibility index (Phi) is 6.28. The van der Waals surface area contributed by atoms with E-state index in [4.69, 9.17) is 10.2 Å². The van der Waals surface area contributed by atoms with Gasteiger partial charge in [0.2, 0.25) is 5.91 Å². The van der Waals surface area contributed by atoms with Crippen molar-refractivity contribution in [1.82, 2.24) is 5.32 Å². The van der Waals surface area contributed by atoms with Crippen LogP contribution in [0.25, 0.3) is 0 Å². The maximum absolute atomic E-state index is 12.0. The maximum Gasteiger partial charge on any atom is 0.303 e. The lowest BCUT2D eigenvalue weighted by atomic mass is 9.79. The van der Waals surface area contributed by atoms with Gasteiger partial charge in [0.05, 0.1) is 6.42 Å². The number of carbonyl (C=O) groups excluding carboxylic acids is 1. The number of aliphatic carboxylic acids is 1. The average Bonchev–Trinajstić information content (AvgIpc) is 2.75. The Labute approximate surface area is 114 Å². The summed E-state index contributed by atoms with van der Waals surface area (Å²) in [5.74, 6) is -0.902. The first-order valence-corrected chi connectivity index (χ1v) is 7.13. The Morgan fingerprint density at radius 1 is 1.26 bits per heavy atom. The van der Waals surface area contributed by atoms with Crippen LogP contribution < -0.4 is 5.32 Å². The van der Waals surface area contributed by atoms with E-state index in [9.17, 15) is 9.59 Å². The molecule has 0 saturated heterocycles. The van der Waals surface area contributed by atoms with Gasteiger partial charge in [0.15, 0.2) is 0 Å². The molecule has 1 fully saturated rings. The van der Waals surface area contributed by atoms with Gasteiger partial charge in [-0.2, -0.15) is 0 Å². The minimum Gasteiger partial charge on any atom is -0.481 e. The second-order valence-electron chi connectivity index (χ2n) is 5.64. The topological polar surface area (TPSA) is 86.6 Å². The van der Waals surface area contributed by atoms with E-state index in [2.05, 4.69) is 5.32 Å². The van der Waals surface area contributed by atoms with Crippen molar-refractivity contribution in [3.05, 3.63) is 0 Å². The number of carboxylic acid groups (broad SMARTS) is 1. The molecule has 0 bridgehead atoms. The second-order valence-corrected chi connectivity index (χ2v) is 5.64. The van der Waals surface area contributed by atoms with Gasteiger partial charge in [-0.05, 0) is 31.1 Å². The molecule has 0 aromatic heterocycles. The molecule has 110 valence electrons.